The molecular formula is C5H11Au2Cl2NO2S. The first-order chi connectivity index (χ1) is 4.18. The summed E-state index contributed by atoms with van der Waals surface area (Å²) < 4.78 is 0. The minimum atomic E-state index is -1.16. The molecule has 8 heteroatoms. The van der Waals surface area contributed by atoms with Crippen molar-refractivity contribution in [1.29, 1.82) is 0 Å². The Hall–Kier alpha value is 1.84. The van der Waals surface area contributed by atoms with Crippen LogP contribution in [0.3, 0.4) is 0 Å². The molecule has 0 amide bonds. The molecule has 0 rings (SSSR count). The first-order valence-corrected chi connectivity index (χ1v) is 4.03. The second-order valence-corrected chi connectivity index (χ2v) is 2.69. The molecule has 3 nitrogen and oxygen atoms in total. The van der Waals surface area contributed by atoms with Gasteiger partial charge in [0, 0.05) is 6.04 Å². The van der Waals surface area contributed by atoms with Crippen molar-refractivity contribution in [2.24, 2.45) is 5.73 Å². The van der Waals surface area contributed by atoms with Gasteiger partial charge in [0.25, 0.3) is 0 Å². The molecule has 0 aliphatic carbocycles. The van der Waals surface area contributed by atoms with Gasteiger partial charge in [0.1, 0.15) is 0 Å². The van der Waals surface area contributed by atoms with Gasteiger partial charge >= 0.3 is 44.8 Å². The summed E-state index contributed by atoms with van der Waals surface area (Å²) in [5.74, 6) is -0.390. The molecule has 0 aromatic carbocycles. The zero-order chi connectivity index (χ0) is 7.28. The molecule has 0 aliphatic rings. The van der Waals surface area contributed by atoms with Crippen LogP contribution >= 0.6 is 24.2 Å². The standard InChI is InChI=1S/C5H11NO2S.2Au.2ClH/c1-9-3-2-4(6)5(7)8;;;;/h4H,2-3,6H2,1H3,(H,7,8);;;2*1H/q;2*+1;;/p-2. The number of carboxylic acids is 1. The van der Waals surface area contributed by atoms with Gasteiger partial charge in [-0.05, 0) is 18.4 Å². The molecule has 0 fully saturated rings. The molecule has 0 heterocycles. The SMILES string of the molecule is CSCCC(N)C(=O)[O-].Cl.[Au+].[Au+].[Cl-]. The van der Waals surface area contributed by atoms with Crippen molar-refractivity contribution in [3.8, 4) is 0 Å². The van der Waals surface area contributed by atoms with Crippen LogP contribution in [0.4, 0.5) is 0 Å². The van der Waals surface area contributed by atoms with Gasteiger partial charge in [-0.2, -0.15) is 11.8 Å². The second kappa shape index (κ2) is 19.4. The maximum Gasteiger partial charge on any atom is 1.00 e. The third-order valence-corrected chi connectivity index (χ3v) is 1.58. The van der Waals surface area contributed by atoms with Crippen LogP contribution in [0.2, 0.25) is 0 Å². The Morgan fingerprint density at radius 2 is 1.92 bits per heavy atom. The normalized spacial score (nSPS) is 9.08. The minimum Gasteiger partial charge on any atom is -1.00 e. The van der Waals surface area contributed by atoms with Gasteiger partial charge < -0.3 is 28.0 Å². The van der Waals surface area contributed by atoms with Crippen molar-refractivity contribution in [3.05, 3.63) is 0 Å². The summed E-state index contributed by atoms with van der Waals surface area (Å²) in [4.78, 5) is 9.96. The number of carbonyl (C=O) groups excluding carboxylic acids is 1. The molecule has 13 heavy (non-hydrogen) atoms. The van der Waals surface area contributed by atoms with Crippen molar-refractivity contribution in [1.82, 2.24) is 0 Å². The largest absolute Gasteiger partial charge is 1.00 e. The van der Waals surface area contributed by atoms with Gasteiger partial charge in [0.15, 0.2) is 0 Å². The second-order valence-electron chi connectivity index (χ2n) is 1.71. The van der Waals surface area contributed by atoms with Crippen LogP contribution in [-0.2, 0) is 49.6 Å². The number of thioether (sulfide) groups is 1. The summed E-state index contributed by atoms with van der Waals surface area (Å²) >= 11 is 1.58. The van der Waals surface area contributed by atoms with Gasteiger partial charge in [-0.15, -0.1) is 12.4 Å². The first-order valence-electron chi connectivity index (χ1n) is 2.64. The fraction of sp³-hybridized carbons (Fsp3) is 0.800. The minimum absolute atomic E-state index is 0. The fourth-order valence-corrected chi connectivity index (χ4v) is 0.852. The Balaban J connectivity index is -0.0000000533. The van der Waals surface area contributed by atoms with Crippen molar-refractivity contribution in [3.63, 3.8) is 0 Å². The van der Waals surface area contributed by atoms with E-state index >= 15 is 0 Å². The zero-order valence-electron chi connectivity index (χ0n) is 6.68. The molecule has 0 saturated heterocycles. The molecular weight excluding hydrogens is 603 g/mol. The van der Waals surface area contributed by atoms with Crippen molar-refractivity contribution in [2.75, 3.05) is 12.0 Å². The number of rotatable bonds is 4. The van der Waals surface area contributed by atoms with Gasteiger partial charge in [-0.1, -0.05) is 0 Å². The third kappa shape index (κ3) is 20.0. The summed E-state index contributed by atoms with van der Waals surface area (Å²) in [7, 11) is 0. The van der Waals surface area contributed by atoms with Crippen LogP contribution in [0.25, 0.3) is 0 Å². The summed E-state index contributed by atoms with van der Waals surface area (Å²) in [5, 5.41) is 9.96. The quantitative estimate of drug-likeness (QED) is 0.331. The average molecular weight is 614 g/mol. The van der Waals surface area contributed by atoms with Crippen LogP contribution in [0.15, 0.2) is 0 Å². The van der Waals surface area contributed by atoms with E-state index in [1.165, 1.54) is 0 Å². The van der Waals surface area contributed by atoms with Gasteiger partial charge in [0.05, 0.1) is 5.97 Å². The van der Waals surface area contributed by atoms with E-state index in [4.69, 9.17) is 5.73 Å². The van der Waals surface area contributed by atoms with Gasteiger partial charge in [-0.3, -0.25) is 0 Å². The summed E-state index contributed by atoms with van der Waals surface area (Å²) in [6.45, 7) is 0. The van der Waals surface area contributed by atoms with E-state index in [0.29, 0.717) is 6.42 Å². The van der Waals surface area contributed by atoms with E-state index in [-0.39, 0.29) is 69.6 Å². The van der Waals surface area contributed by atoms with E-state index in [2.05, 4.69) is 0 Å². The van der Waals surface area contributed by atoms with E-state index in [0.717, 1.165) is 5.75 Å². The molecule has 2 N–H and O–H groups in total. The number of hydrogen-bond donors (Lipinski definition) is 1. The van der Waals surface area contributed by atoms with E-state index in [9.17, 15) is 9.90 Å². The van der Waals surface area contributed by atoms with Crippen molar-refractivity contribution in [2.45, 2.75) is 12.5 Å². The molecule has 1 unspecified atom stereocenters. The fourth-order valence-electron chi connectivity index (χ4n) is 0.363. The summed E-state index contributed by atoms with van der Waals surface area (Å²) in [5.41, 5.74) is 5.13. The Morgan fingerprint density at radius 1 is 1.54 bits per heavy atom. The molecule has 1 atom stereocenters. The summed E-state index contributed by atoms with van der Waals surface area (Å²) in [6, 6.07) is -0.794. The van der Waals surface area contributed by atoms with Gasteiger partial charge in [-0.25, -0.2) is 0 Å². The summed E-state index contributed by atoms with van der Waals surface area (Å²) in [6.07, 6.45) is 2.39. The van der Waals surface area contributed by atoms with Crippen LogP contribution in [0.1, 0.15) is 6.42 Å². The number of carbonyl (C=O) groups is 1. The van der Waals surface area contributed by atoms with Crippen molar-refractivity contribution >= 4 is 30.1 Å². The average Bonchev–Trinajstić information content (AvgIpc) is 1.82. The molecule has 0 aliphatic heterocycles. The molecule has 0 bridgehead atoms. The van der Waals surface area contributed by atoms with Gasteiger partial charge in [0.2, 0.25) is 0 Å². The topological polar surface area (TPSA) is 66.2 Å². The Kier molecular flexibility index (Phi) is 43.9. The van der Waals surface area contributed by atoms with E-state index in [1.807, 2.05) is 6.26 Å². The predicted octanol–water partition coefficient (Wildman–Crippen LogP) is -3.76. The van der Waals surface area contributed by atoms with Crippen LogP contribution in [0, 0.1) is 0 Å². The Bertz CT molecular complexity index is 113. The number of halogens is 2. The molecule has 0 aromatic rings. The Labute approximate surface area is 126 Å². The Morgan fingerprint density at radius 3 is 2.15 bits per heavy atom. The van der Waals surface area contributed by atoms with Crippen LogP contribution < -0.4 is 23.2 Å². The smallest absolute Gasteiger partial charge is 1.00 e. The molecule has 90 valence electrons. The molecule has 0 aromatic heterocycles. The molecule has 0 saturated carbocycles. The number of carboxylic acid groups (broad SMARTS) is 1. The maximum atomic E-state index is 9.96. The van der Waals surface area contributed by atoms with Crippen LogP contribution in [0.5, 0.6) is 0 Å². The van der Waals surface area contributed by atoms with E-state index < -0.39 is 12.0 Å². The predicted molar refractivity (Wildman–Crippen MR) is 43.2 cm³/mol. The number of aliphatic carboxylic acids is 1. The number of hydrogen-bond acceptors (Lipinski definition) is 4. The molecule has 0 spiro atoms. The van der Waals surface area contributed by atoms with Crippen molar-refractivity contribution < 1.29 is 67.1 Å². The molecule has 0 radical (unpaired) electrons. The zero-order valence-corrected chi connectivity index (χ0v) is 13.4. The van der Waals surface area contributed by atoms with E-state index in [1.54, 1.807) is 11.8 Å². The third-order valence-electron chi connectivity index (χ3n) is 0.936. The number of nitrogens with two attached hydrogens (primary N) is 1. The first kappa shape index (κ1) is 29.4. The van der Waals surface area contributed by atoms with Crippen LogP contribution in [-0.4, -0.2) is 24.0 Å². The monoisotopic (exact) mass is 613 g/mol. The maximum absolute atomic E-state index is 9.96.